The van der Waals surface area contributed by atoms with Gasteiger partial charge in [-0.1, -0.05) is 0 Å². The van der Waals surface area contributed by atoms with E-state index in [-0.39, 0.29) is 5.69 Å². The van der Waals surface area contributed by atoms with Crippen LogP contribution in [0.2, 0.25) is 0 Å². The molecule has 2 aromatic heterocycles. The zero-order chi connectivity index (χ0) is 13.8. The standard InChI is InChI=1S/C13H14N4O2/c1-9-7-14-6-5-11(9)8-15-13-4-3-12(17(18)19)10(2)16-13/h3-7H,8H2,1-2H3,(H,15,16). The highest BCUT2D eigenvalue weighted by Crippen LogP contribution is 2.18. The first-order chi connectivity index (χ1) is 9.08. The van der Waals surface area contributed by atoms with Crippen molar-refractivity contribution in [3.63, 3.8) is 0 Å². The molecule has 0 bridgehead atoms. The van der Waals surface area contributed by atoms with Gasteiger partial charge in [-0.15, -0.1) is 0 Å². The zero-order valence-corrected chi connectivity index (χ0v) is 10.8. The van der Waals surface area contributed by atoms with E-state index in [1.165, 1.54) is 6.07 Å². The average molecular weight is 258 g/mol. The van der Waals surface area contributed by atoms with Crippen LogP contribution in [0.3, 0.4) is 0 Å². The van der Waals surface area contributed by atoms with Crippen molar-refractivity contribution in [1.82, 2.24) is 9.97 Å². The Morgan fingerprint density at radius 3 is 2.74 bits per heavy atom. The number of anilines is 1. The first-order valence-corrected chi connectivity index (χ1v) is 5.83. The summed E-state index contributed by atoms with van der Waals surface area (Å²) in [6.45, 7) is 4.22. The molecule has 6 heteroatoms. The summed E-state index contributed by atoms with van der Waals surface area (Å²) in [5.74, 6) is 0.624. The highest BCUT2D eigenvalue weighted by molar-refractivity contribution is 5.45. The predicted octanol–water partition coefficient (Wildman–Crippen LogP) is 2.61. The van der Waals surface area contributed by atoms with Gasteiger partial charge in [-0.05, 0) is 37.1 Å². The Balaban J connectivity index is 2.11. The molecule has 0 aliphatic heterocycles. The lowest BCUT2D eigenvalue weighted by molar-refractivity contribution is -0.385. The molecule has 1 N–H and O–H groups in total. The monoisotopic (exact) mass is 258 g/mol. The summed E-state index contributed by atoms with van der Waals surface area (Å²) in [5.41, 5.74) is 2.65. The van der Waals surface area contributed by atoms with Crippen LogP contribution in [0.15, 0.2) is 30.6 Å². The Bertz CT molecular complexity index is 613. The van der Waals surface area contributed by atoms with Crippen molar-refractivity contribution in [3.05, 3.63) is 57.5 Å². The molecular weight excluding hydrogens is 244 g/mol. The van der Waals surface area contributed by atoms with Gasteiger partial charge < -0.3 is 5.32 Å². The SMILES string of the molecule is Cc1cnccc1CNc1ccc([N+](=O)[O-])c(C)n1. The second-order valence-corrected chi connectivity index (χ2v) is 4.21. The maximum atomic E-state index is 10.7. The molecule has 0 spiro atoms. The molecule has 0 saturated carbocycles. The van der Waals surface area contributed by atoms with Crippen LogP contribution in [-0.2, 0) is 6.54 Å². The lowest BCUT2D eigenvalue weighted by Gasteiger charge is -2.08. The van der Waals surface area contributed by atoms with Crippen LogP contribution in [-0.4, -0.2) is 14.9 Å². The fourth-order valence-electron chi connectivity index (χ4n) is 1.73. The van der Waals surface area contributed by atoms with Crippen LogP contribution in [0, 0.1) is 24.0 Å². The van der Waals surface area contributed by atoms with E-state index in [4.69, 9.17) is 0 Å². The topological polar surface area (TPSA) is 81.0 Å². The van der Waals surface area contributed by atoms with Crippen molar-refractivity contribution < 1.29 is 4.92 Å². The maximum absolute atomic E-state index is 10.7. The smallest absolute Gasteiger partial charge is 0.290 e. The number of nitrogens with zero attached hydrogens (tertiary/aromatic N) is 3. The third-order valence-electron chi connectivity index (χ3n) is 2.85. The number of pyridine rings is 2. The van der Waals surface area contributed by atoms with Crippen LogP contribution in [0.25, 0.3) is 0 Å². The van der Waals surface area contributed by atoms with Crippen LogP contribution in [0.1, 0.15) is 16.8 Å². The van der Waals surface area contributed by atoms with Gasteiger partial charge in [0.1, 0.15) is 11.5 Å². The number of aryl methyl sites for hydroxylation is 2. The van der Waals surface area contributed by atoms with Crippen LogP contribution in [0.4, 0.5) is 11.5 Å². The van der Waals surface area contributed by atoms with Crippen molar-refractivity contribution >= 4 is 11.5 Å². The summed E-state index contributed by atoms with van der Waals surface area (Å²) in [6.07, 6.45) is 3.53. The van der Waals surface area contributed by atoms with Gasteiger partial charge in [-0.3, -0.25) is 15.1 Å². The molecule has 0 saturated heterocycles. The number of nitrogens with one attached hydrogen (secondary N) is 1. The van der Waals surface area contributed by atoms with Crippen molar-refractivity contribution in [1.29, 1.82) is 0 Å². The molecule has 0 aliphatic rings. The van der Waals surface area contributed by atoms with Gasteiger partial charge in [0.15, 0.2) is 0 Å². The molecule has 98 valence electrons. The number of hydrogen-bond acceptors (Lipinski definition) is 5. The Kier molecular flexibility index (Phi) is 3.70. The number of aromatic nitrogens is 2. The van der Waals surface area contributed by atoms with Crippen LogP contribution in [0.5, 0.6) is 0 Å². The summed E-state index contributed by atoms with van der Waals surface area (Å²) >= 11 is 0. The van der Waals surface area contributed by atoms with E-state index in [9.17, 15) is 10.1 Å². The third kappa shape index (κ3) is 3.04. The molecule has 2 rings (SSSR count). The Hall–Kier alpha value is -2.50. The van der Waals surface area contributed by atoms with Gasteiger partial charge in [0, 0.05) is 25.0 Å². The first kappa shape index (κ1) is 12.9. The van der Waals surface area contributed by atoms with E-state index in [1.807, 2.05) is 13.0 Å². The van der Waals surface area contributed by atoms with Gasteiger partial charge in [-0.2, -0.15) is 0 Å². The highest BCUT2D eigenvalue weighted by Gasteiger charge is 2.11. The molecule has 19 heavy (non-hydrogen) atoms. The van der Waals surface area contributed by atoms with Crippen molar-refractivity contribution in [3.8, 4) is 0 Å². The number of rotatable bonds is 4. The lowest BCUT2D eigenvalue weighted by atomic mass is 10.1. The van der Waals surface area contributed by atoms with E-state index >= 15 is 0 Å². The molecule has 2 heterocycles. The van der Waals surface area contributed by atoms with E-state index in [0.717, 1.165) is 11.1 Å². The maximum Gasteiger partial charge on any atom is 0.290 e. The second kappa shape index (κ2) is 5.43. The van der Waals surface area contributed by atoms with Crippen molar-refractivity contribution in [2.45, 2.75) is 20.4 Å². The minimum Gasteiger partial charge on any atom is -0.366 e. The fourth-order valence-corrected chi connectivity index (χ4v) is 1.73. The summed E-state index contributed by atoms with van der Waals surface area (Å²) < 4.78 is 0. The molecule has 0 aliphatic carbocycles. The summed E-state index contributed by atoms with van der Waals surface area (Å²) in [6, 6.07) is 5.01. The molecule has 0 unspecified atom stereocenters. The third-order valence-corrected chi connectivity index (χ3v) is 2.85. The van der Waals surface area contributed by atoms with E-state index in [2.05, 4.69) is 15.3 Å². The van der Waals surface area contributed by atoms with E-state index < -0.39 is 4.92 Å². The van der Waals surface area contributed by atoms with Crippen LogP contribution >= 0.6 is 0 Å². The van der Waals surface area contributed by atoms with Gasteiger partial charge in [0.25, 0.3) is 5.69 Å². The van der Waals surface area contributed by atoms with Gasteiger partial charge >= 0.3 is 0 Å². The summed E-state index contributed by atoms with van der Waals surface area (Å²) in [7, 11) is 0. The number of nitro groups is 1. The summed E-state index contributed by atoms with van der Waals surface area (Å²) in [5, 5.41) is 13.8. The average Bonchev–Trinajstić information content (AvgIpc) is 2.37. The Morgan fingerprint density at radius 1 is 1.32 bits per heavy atom. The minimum atomic E-state index is -0.431. The largest absolute Gasteiger partial charge is 0.366 e. The fraction of sp³-hybridized carbons (Fsp3) is 0.231. The van der Waals surface area contributed by atoms with Gasteiger partial charge in [0.2, 0.25) is 0 Å². The van der Waals surface area contributed by atoms with Crippen molar-refractivity contribution in [2.75, 3.05) is 5.32 Å². The van der Waals surface area contributed by atoms with Gasteiger partial charge in [-0.25, -0.2) is 4.98 Å². The molecule has 0 atom stereocenters. The zero-order valence-electron chi connectivity index (χ0n) is 10.8. The summed E-state index contributed by atoms with van der Waals surface area (Å²) in [4.78, 5) is 18.5. The Labute approximate surface area is 110 Å². The van der Waals surface area contributed by atoms with Crippen LogP contribution < -0.4 is 5.32 Å². The minimum absolute atomic E-state index is 0.0330. The molecule has 0 radical (unpaired) electrons. The van der Waals surface area contributed by atoms with Gasteiger partial charge in [0.05, 0.1) is 4.92 Å². The Morgan fingerprint density at radius 2 is 2.11 bits per heavy atom. The molecule has 0 amide bonds. The second-order valence-electron chi connectivity index (χ2n) is 4.21. The molecule has 0 aromatic carbocycles. The normalized spacial score (nSPS) is 10.2. The first-order valence-electron chi connectivity index (χ1n) is 5.83. The van der Waals surface area contributed by atoms with E-state index in [0.29, 0.717) is 18.1 Å². The molecule has 0 fully saturated rings. The number of hydrogen-bond donors (Lipinski definition) is 1. The van der Waals surface area contributed by atoms with E-state index in [1.54, 1.807) is 25.4 Å². The predicted molar refractivity (Wildman–Crippen MR) is 71.9 cm³/mol. The quantitative estimate of drug-likeness (QED) is 0.673. The highest BCUT2D eigenvalue weighted by atomic mass is 16.6. The molecular formula is C13H14N4O2. The molecule has 6 nitrogen and oxygen atoms in total. The lowest BCUT2D eigenvalue weighted by Crippen LogP contribution is -2.04. The molecule has 2 aromatic rings. The van der Waals surface area contributed by atoms with Crippen molar-refractivity contribution in [2.24, 2.45) is 0 Å².